The predicted octanol–water partition coefficient (Wildman–Crippen LogP) is 2.34. The molecule has 0 aliphatic heterocycles. The van der Waals surface area contributed by atoms with Crippen molar-refractivity contribution >= 4 is 17.4 Å². The molecule has 0 aliphatic rings. The van der Waals surface area contributed by atoms with Gasteiger partial charge in [0, 0.05) is 30.6 Å². The van der Waals surface area contributed by atoms with Gasteiger partial charge in [-0.1, -0.05) is 27.2 Å². The summed E-state index contributed by atoms with van der Waals surface area (Å²) < 4.78 is 0. The zero-order valence-corrected chi connectivity index (χ0v) is 14.2. The Kier molecular flexibility index (Phi) is 7.11. The van der Waals surface area contributed by atoms with Gasteiger partial charge in [0.2, 0.25) is 0 Å². The number of aryl methyl sites for hydroxylation is 1. The number of carbonyl (C=O) groups is 1. The van der Waals surface area contributed by atoms with Crippen molar-refractivity contribution in [3.05, 3.63) is 16.1 Å². The van der Waals surface area contributed by atoms with E-state index in [0.717, 1.165) is 24.3 Å². The second kappa shape index (κ2) is 8.34. The number of carbonyl (C=O) groups excluding carboxylic acids is 1. The van der Waals surface area contributed by atoms with E-state index in [0.29, 0.717) is 6.54 Å². The summed E-state index contributed by atoms with van der Waals surface area (Å²) in [4.78, 5) is 17.3. The molecule has 0 fully saturated rings. The van der Waals surface area contributed by atoms with Gasteiger partial charge in [-0.3, -0.25) is 0 Å². The van der Waals surface area contributed by atoms with Gasteiger partial charge in [-0.15, -0.1) is 11.3 Å². The van der Waals surface area contributed by atoms with Gasteiger partial charge in [0.1, 0.15) is 0 Å². The first kappa shape index (κ1) is 17.9. The third-order valence-corrected chi connectivity index (χ3v) is 5.06. The van der Waals surface area contributed by atoms with Crippen LogP contribution in [0.4, 0.5) is 4.79 Å². The number of urea groups is 1. The summed E-state index contributed by atoms with van der Waals surface area (Å²) in [6.45, 7) is 8.67. The van der Waals surface area contributed by atoms with Gasteiger partial charge in [0.05, 0.1) is 10.6 Å². The summed E-state index contributed by atoms with van der Waals surface area (Å²) in [5, 5.41) is 16.8. The maximum atomic E-state index is 11.7. The van der Waals surface area contributed by atoms with Crippen LogP contribution in [-0.4, -0.2) is 34.8 Å². The molecule has 120 valence electrons. The molecule has 0 aliphatic carbocycles. The molecular weight excluding hydrogens is 286 g/mol. The lowest BCUT2D eigenvalue weighted by atomic mass is 9.89. The van der Waals surface area contributed by atoms with Gasteiger partial charge in [-0.25, -0.2) is 9.78 Å². The van der Waals surface area contributed by atoms with Crippen molar-refractivity contribution in [3.8, 4) is 0 Å². The Labute approximate surface area is 131 Å². The number of aliphatic hydroxyl groups is 1. The number of nitrogens with one attached hydrogen (secondary N) is 2. The molecule has 0 radical (unpaired) electrons. The van der Waals surface area contributed by atoms with E-state index in [4.69, 9.17) is 0 Å². The Morgan fingerprint density at radius 3 is 2.76 bits per heavy atom. The van der Waals surface area contributed by atoms with E-state index < -0.39 is 5.60 Å². The molecule has 6 heteroatoms. The number of amides is 2. The van der Waals surface area contributed by atoms with Gasteiger partial charge < -0.3 is 15.7 Å². The van der Waals surface area contributed by atoms with Crippen LogP contribution >= 0.6 is 11.3 Å². The first-order chi connectivity index (χ1) is 9.89. The second-order valence-electron chi connectivity index (χ2n) is 5.60. The van der Waals surface area contributed by atoms with E-state index in [-0.39, 0.29) is 18.5 Å². The topological polar surface area (TPSA) is 74.2 Å². The SMILES string of the molecule is CCc1cnc(CCNC(=O)NCC(C)(O)C(C)CC)s1. The van der Waals surface area contributed by atoms with Gasteiger partial charge in [0.25, 0.3) is 0 Å². The molecule has 0 saturated heterocycles. The zero-order valence-electron chi connectivity index (χ0n) is 13.4. The highest BCUT2D eigenvalue weighted by atomic mass is 32.1. The van der Waals surface area contributed by atoms with Crippen LogP contribution in [0.2, 0.25) is 0 Å². The summed E-state index contributed by atoms with van der Waals surface area (Å²) >= 11 is 1.69. The average Bonchev–Trinajstić information content (AvgIpc) is 2.92. The summed E-state index contributed by atoms with van der Waals surface area (Å²) in [5.74, 6) is 0.139. The standard InChI is InChI=1S/C15H27N3O2S/c1-5-11(3)15(4,20)10-18-14(19)16-8-7-13-17-9-12(6-2)21-13/h9,11,20H,5-8,10H2,1-4H3,(H2,16,18,19). The van der Waals surface area contributed by atoms with Crippen LogP contribution in [-0.2, 0) is 12.8 Å². The first-order valence-corrected chi connectivity index (χ1v) is 8.38. The highest BCUT2D eigenvalue weighted by molar-refractivity contribution is 7.11. The van der Waals surface area contributed by atoms with Crippen molar-refractivity contribution < 1.29 is 9.90 Å². The average molecular weight is 313 g/mol. The molecule has 2 atom stereocenters. The number of hydrogen-bond donors (Lipinski definition) is 3. The first-order valence-electron chi connectivity index (χ1n) is 7.56. The molecule has 1 heterocycles. The molecule has 3 N–H and O–H groups in total. The van der Waals surface area contributed by atoms with Crippen LogP contribution in [0.3, 0.4) is 0 Å². The number of hydrogen-bond acceptors (Lipinski definition) is 4. The Hall–Kier alpha value is -1.14. The third-order valence-electron chi connectivity index (χ3n) is 3.86. The van der Waals surface area contributed by atoms with Crippen molar-refractivity contribution in [3.63, 3.8) is 0 Å². The predicted molar refractivity (Wildman–Crippen MR) is 86.7 cm³/mol. The summed E-state index contributed by atoms with van der Waals surface area (Å²) in [6, 6.07) is -0.245. The molecule has 0 saturated carbocycles. The van der Waals surface area contributed by atoms with E-state index >= 15 is 0 Å². The molecule has 2 amide bonds. The quantitative estimate of drug-likeness (QED) is 0.689. The van der Waals surface area contributed by atoms with E-state index in [2.05, 4.69) is 22.5 Å². The Morgan fingerprint density at radius 1 is 1.48 bits per heavy atom. The minimum absolute atomic E-state index is 0.139. The minimum atomic E-state index is -0.878. The largest absolute Gasteiger partial charge is 0.388 e. The van der Waals surface area contributed by atoms with Crippen molar-refractivity contribution in [2.75, 3.05) is 13.1 Å². The third kappa shape index (κ3) is 6.01. The maximum absolute atomic E-state index is 11.7. The molecule has 5 nitrogen and oxygen atoms in total. The summed E-state index contributed by atoms with van der Waals surface area (Å²) in [6.07, 6.45) is 4.50. The fourth-order valence-corrected chi connectivity index (χ4v) is 2.71. The van der Waals surface area contributed by atoms with E-state index in [1.807, 2.05) is 20.0 Å². The lowest BCUT2D eigenvalue weighted by molar-refractivity contribution is 0.00791. The van der Waals surface area contributed by atoms with E-state index in [1.54, 1.807) is 18.3 Å². The van der Waals surface area contributed by atoms with Crippen LogP contribution in [0.5, 0.6) is 0 Å². The fraction of sp³-hybridized carbons (Fsp3) is 0.733. The number of nitrogens with zero attached hydrogens (tertiary/aromatic N) is 1. The summed E-state index contributed by atoms with van der Waals surface area (Å²) in [5.41, 5.74) is -0.878. The molecule has 1 rings (SSSR count). The number of rotatable bonds is 8. The second-order valence-corrected chi connectivity index (χ2v) is 6.80. The fourth-order valence-electron chi connectivity index (χ4n) is 1.85. The smallest absolute Gasteiger partial charge is 0.314 e. The molecule has 1 aromatic rings. The Bertz CT molecular complexity index is 446. The molecule has 0 spiro atoms. The molecule has 21 heavy (non-hydrogen) atoms. The molecule has 0 bridgehead atoms. The molecule has 0 aromatic carbocycles. The van der Waals surface area contributed by atoms with Gasteiger partial charge in [0.15, 0.2) is 0 Å². The summed E-state index contributed by atoms with van der Waals surface area (Å²) in [7, 11) is 0. The van der Waals surface area contributed by atoms with Crippen molar-refractivity contribution in [2.24, 2.45) is 5.92 Å². The monoisotopic (exact) mass is 313 g/mol. The molecular formula is C15H27N3O2S. The zero-order chi connectivity index (χ0) is 15.9. The van der Waals surface area contributed by atoms with Gasteiger partial charge in [-0.2, -0.15) is 0 Å². The van der Waals surface area contributed by atoms with Crippen molar-refractivity contribution in [1.82, 2.24) is 15.6 Å². The van der Waals surface area contributed by atoms with Crippen LogP contribution in [0.1, 0.15) is 44.0 Å². The highest BCUT2D eigenvalue weighted by Gasteiger charge is 2.27. The van der Waals surface area contributed by atoms with Crippen LogP contribution < -0.4 is 10.6 Å². The van der Waals surface area contributed by atoms with Crippen LogP contribution in [0.15, 0.2) is 6.20 Å². The normalized spacial score (nSPS) is 15.3. The molecule has 2 unspecified atom stereocenters. The van der Waals surface area contributed by atoms with E-state index in [9.17, 15) is 9.90 Å². The molecule has 1 aromatic heterocycles. The Balaban J connectivity index is 2.25. The van der Waals surface area contributed by atoms with Crippen LogP contribution in [0, 0.1) is 5.92 Å². The van der Waals surface area contributed by atoms with Crippen LogP contribution in [0.25, 0.3) is 0 Å². The number of aromatic nitrogens is 1. The van der Waals surface area contributed by atoms with Gasteiger partial charge in [-0.05, 0) is 19.3 Å². The maximum Gasteiger partial charge on any atom is 0.314 e. The van der Waals surface area contributed by atoms with Crippen molar-refractivity contribution in [1.29, 1.82) is 0 Å². The van der Waals surface area contributed by atoms with Gasteiger partial charge >= 0.3 is 6.03 Å². The highest BCUT2D eigenvalue weighted by Crippen LogP contribution is 2.18. The lowest BCUT2D eigenvalue weighted by Crippen LogP contribution is -2.48. The minimum Gasteiger partial charge on any atom is -0.388 e. The number of thiazole rings is 1. The van der Waals surface area contributed by atoms with E-state index in [1.165, 1.54) is 4.88 Å². The lowest BCUT2D eigenvalue weighted by Gasteiger charge is -2.29. The Morgan fingerprint density at radius 2 is 2.19 bits per heavy atom. The van der Waals surface area contributed by atoms with Crippen molar-refractivity contribution in [2.45, 2.75) is 52.6 Å².